The molecule has 2 heterocycles. The van der Waals surface area contributed by atoms with Crippen molar-refractivity contribution in [1.82, 2.24) is 14.8 Å². The molecule has 0 radical (unpaired) electrons. The first-order valence-electron chi connectivity index (χ1n) is 6.50. The maximum absolute atomic E-state index is 12.3. The second-order valence-electron chi connectivity index (χ2n) is 5.06. The van der Waals surface area contributed by atoms with Gasteiger partial charge in [-0.25, -0.2) is 0 Å². The van der Waals surface area contributed by atoms with E-state index in [-0.39, 0.29) is 17.7 Å². The van der Waals surface area contributed by atoms with Crippen LogP contribution in [-0.4, -0.2) is 53.8 Å². The third-order valence-electron chi connectivity index (χ3n) is 3.41. The molecule has 0 bridgehead atoms. The fraction of sp³-hybridized carbons (Fsp3) is 0.500. The molecule has 5 heteroatoms. The van der Waals surface area contributed by atoms with Crippen LogP contribution < -0.4 is 0 Å². The number of pyridine rings is 1. The van der Waals surface area contributed by atoms with Crippen LogP contribution >= 0.6 is 0 Å². The third kappa shape index (κ3) is 3.10. The zero-order chi connectivity index (χ0) is 13.8. The Labute approximate surface area is 113 Å². The van der Waals surface area contributed by atoms with E-state index in [1.54, 1.807) is 48.4 Å². The second-order valence-corrected chi connectivity index (χ2v) is 5.06. The lowest BCUT2D eigenvalue weighted by Gasteiger charge is -2.33. The molecule has 0 unspecified atom stereocenters. The Morgan fingerprint density at radius 3 is 2.84 bits per heavy atom. The van der Waals surface area contributed by atoms with Gasteiger partial charge in [-0.15, -0.1) is 0 Å². The van der Waals surface area contributed by atoms with Crippen molar-refractivity contribution in [2.75, 3.05) is 27.2 Å². The topological polar surface area (TPSA) is 53.5 Å². The Kier molecular flexibility index (Phi) is 4.14. The first-order valence-corrected chi connectivity index (χ1v) is 6.50. The Morgan fingerprint density at radius 1 is 1.42 bits per heavy atom. The van der Waals surface area contributed by atoms with Crippen LogP contribution in [0.4, 0.5) is 0 Å². The van der Waals surface area contributed by atoms with Gasteiger partial charge in [-0.2, -0.15) is 0 Å². The molecule has 0 aliphatic carbocycles. The van der Waals surface area contributed by atoms with Crippen LogP contribution in [0.3, 0.4) is 0 Å². The lowest BCUT2D eigenvalue weighted by atomic mass is 9.96. The quantitative estimate of drug-likeness (QED) is 0.798. The van der Waals surface area contributed by atoms with Gasteiger partial charge in [0.05, 0.1) is 11.5 Å². The number of likely N-dealkylation sites (tertiary alicyclic amines) is 1. The van der Waals surface area contributed by atoms with Gasteiger partial charge in [-0.05, 0) is 25.0 Å². The number of piperidine rings is 1. The highest BCUT2D eigenvalue weighted by Crippen LogP contribution is 2.19. The highest BCUT2D eigenvalue weighted by atomic mass is 16.2. The normalized spacial score (nSPS) is 19.1. The van der Waals surface area contributed by atoms with E-state index in [1.807, 2.05) is 0 Å². The smallest absolute Gasteiger partial charge is 0.255 e. The minimum atomic E-state index is -0.0793. The molecule has 2 amide bonds. The molecule has 1 atom stereocenters. The lowest BCUT2D eigenvalue weighted by Crippen LogP contribution is -2.45. The summed E-state index contributed by atoms with van der Waals surface area (Å²) in [4.78, 5) is 31.6. The van der Waals surface area contributed by atoms with Crippen LogP contribution in [0.15, 0.2) is 24.5 Å². The molecule has 1 aromatic heterocycles. The van der Waals surface area contributed by atoms with Crippen molar-refractivity contribution in [2.45, 2.75) is 12.8 Å². The molecule has 2 rings (SSSR count). The van der Waals surface area contributed by atoms with E-state index < -0.39 is 0 Å². The molecule has 1 saturated heterocycles. The highest BCUT2D eigenvalue weighted by molar-refractivity contribution is 5.94. The third-order valence-corrected chi connectivity index (χ3v) is 3.41. The van der Waals surface area contributed by atoms with Gasteiger partial charge in [0.25, 0.3) is 5.91 Å². The number of nitrogens with zero attached hydrogens (tertiary/aromatic N) is 3. The van der Waals surface area contributed by atoms with Gasteiger partial charge in [0.2, 0.25) is 5.91 Å². The molecule has 0 saturated carbocycles. The molecular weight excluding hydrogens is 242 g/mol. The largest absolute Gasteiger partial charge is 0.349 e. The summed E-state index contributed by atoms with van der Waals surface area (Å²) in [5.41, 5.74) is 0.584. The summed E-state index contributed by atoms with van der Waals surface area (Å²) in [6.45, 7) is 1.22. The molecule has 0 N–H and O–H groups in total. The van der Waals surface area contributed by atoms with Gasteiger partial charge in [-0.3, -0.25) is 14.6 Å². The van der Waals surface area contributed by atoms with Crippen molar-refractivity contribution in [1.29, 1.82) is 0 Å². The number of rotatable bonds is 2. The van der Waals surface area contributed by atoms with E-state index in [0.29, 0.717) is 18.7 Å². The average Bonchev–Trinajstić information content (AvgIpc) is 2.46. The predicted molar refractivity (Wildman–Crippen MR) is 71.6 cm³/mol. The van der Waals surface area contributed by atoms with E-state index in [1.165, 1.54) is 0 Å². The SMILES string of the molecule is CN(C)C(=O)[C@H]1CCCN(C(=O)c2cccnc2)C1. The van der Waals surface area contributed by atoms with Gasteiger partial charge in [0.1, 0.15) is 0 Å². The molecule has 0 spiro atoms. The molecule has 0 aromatic carbocycles. The van der Waals surface area contributed by atoms with Gasteiger partial charge < -0.3 is 9.80 Å². The Balaban J connectivity index is 2.05. The molecule has 1 aliphatic heterocycles. The maximum Gasteiger partial charge on any atom is 0.255 e. The lowest BCUT2D eigenvalue weighted by molar-refractivity contribution is -0.134. The standard InChI is InChI=1S/C14H19N3O2/c1-16(2)13(18)12-6-4-8-17(10-12)14(19)11-5-3-7-15-9-11/h3,5,7,9,12H,4,6,8,10H2,1-2H3/t12-/m0/s1. The van der Waals surface area contributed by atoms with Crippen molar-refractivity contribution in [3.05, 3.63) is 30.1 Å². The van der Waals surface area contributed by atoms with Crippen molar-refractivity contribution < 1.29 is 9.59 Å². The van der Waals surface area contributed by atoms with Crippen LogP contribution in [0.25, 0.3) is 0 Å². The van der Waals surface area contributed by atoms with E-state index in [0.717, 1.165) is 12.8 Å². The summed E-state index contributed by atoms with van der Waals surface area (Å²) < 4.78 is 0. The van der Waals surface area contributed by atoms with E-state index in [2.05, 4.69) is 4.98 Å². The fourth-order valence-electron chi connectivity index (χ4n) is 2.40. The van der Waals surface area contributed by atoms with Crippen molar-refractivity contribution in [2.24, 2.45) is 5.92 Å². The van der Waals surface area contributed by atoms with E-state index in [4.69, 9.17) is 0 Å². The molecule has 1 aromatic rings. The van der Waals surface area contributed by atoms with Gasteiger partial charge >= 0.3 is 0 Å². The van der Waals surface area contributed by atoms with Crippen LogP contribution in [0, 0.1) is 5.92 Å². The number of hydrogen-bond donors (Lipinski definition) is 0. The van der Waals surface area contributed by atoms with Crippen molar-refractivity contribution in [3.8, 4) is 0 Å². The summed E-state index contributed by atoms with van der Waals surface area (Å²) in [7, 11) is 3.51. The summed E-state index contributed by atoms with van der Waals surface area (Å²) >= 11 is 0. The van der Waals surface area contributed by atoms with Gasteiger partial charge in [0.15, 0.2) is 0 Å². The molecular formula is C14H19N3O2. The van der Waals surface area contributed by atoms with E-state index >= 15 is 0 Å². The number of carbonyl (C=O) groups excluding carboxylic acids is 2. The summed E-state index contributed by atoms with van der Waals surface area (Å²) in [6.07, 6.45) is 4.94. The number of carbonyl (C=O) groups is 2. The van der Waals surface area contributed by atoms with Gasteiger partial charge in [-0.1, -0.05) is 0 Å². The zero-order valence-electron chi connectivity index (χ0n) is 11.4. The molecule has 5 nitrogen and oxygen atoms in total. The zero-order valence-corrected chi connectivity index (χ0v) is 11.4. The first-order chi connectivity index (χ1) is 9.09. The number of aromatic nitrogens is 1. The van der Waals surface area contributed by atoms with E-state index in [9.17, 15) is 9.59 Å². The Hall–Kier alpha value is -1.91. The predicted octanol–water partition coefficient (Wildman–Crippen LogP) is 1.02. The second kappa shape index (κ2) is 5.82. The Bertz CT molecular complexity index is 459. The number of amides is 2. The van der Waals surface area contributed by atoms with Crippen molar-refractivity contribution in [3.63, 3.8) is 0 Å². The number of hydrogen-bond acceptors (Lipinski definition) is 3. The molecule has 19 heavy (non-hydrogen) atoms. The Morgan fingerprint density at radius 2 is 2.21 bits per heavy atom. The summed E-state index contributed by atoms with van der Waals surface area (Å²) in [5, 5.41) is 0. The minimum Gasteiger partial charge on any atom is -0.349 e. The van der Waals surface area contributed by atoms with Gasteiger partial charge in [0, 0.05) is 39.6 Å². The fourth-order valence-corrected chi connectivity index (χ4v) is 2.40. The monoisotopic (exact) mass is 261 g/mol. The first kappa shape index (κ1) is 13.5. The molecule has 102 valence electrons. The van der Waals surface area contributed by atoms with Crippen molar-refractivity contribution >= 4 is 11.8 Å². The minimum absolute atomic E-state index is 0.0376. The van der Waals surface area contributed by atoms with Crippen LogP contribution in [0.1, 0.15) is 23.2 Å². The summed E-state index contributed by atoms with van der Waals surface area (Å²) in [6, 6.07) is 3.51. The average molecular weight is 261 g/mol. The molecule has 1 aliphatic rings. The van der Waals surface area contributed by atoms with Crippen LogP contribution in [0.5, 0.6) is 0 Å². The van der Waals surface area contributed by atoms with Crippen LogP contribution in [-0.2, 0) is 4.79 Å². The van der Waals surface area contributed by atoms with Crippen LogP contribution in [0.2, 0.25) is 0 Å². The molecule has 1 fully saturated rings. The highest BCUT2D eigenvalue weighted by Gasteiger charge is 2.29. The summed E-state index contributed by atoms with van der Waals surface area (Å²) in [5.74, 6) is -0.0163. The maximum atomic E-state index is 12.3.